The highest BCUT2D eigenvalue weighted by Crippen LogP contribution is 2.73. The predicted molar refractivity (Wildman–Crippen MR) is 131 cm³/mol. The molecule has 6 rings (SSSR count). The molecule has 0 amide bonds. The van der Waals surface area contributed by atoms with Gasteiger partial charge in [-0.25, -0.2) is 4.98 Å². The largest absolute Gasteiger partial charge is 0.391 e. The first-order chi connectivity index (χ1) is 15.7. The van der Waals surface area contributed by atoms with Crippen LogP contribution in [-0.4, -0.2) is 56.7 Å². The summed E-state index contributed by atoms with van der Waals surface area (Å²) in [4.78, 5) is 19.8. The van der Waals surface area contributed by atoms with E-state index in [1.165, 1.54) is 6.92 Å². The van der Waals surface area contributed by atoms with Crippen LogP contribution in [0.2, 0.25) is 0 Å². The SMILES string of the molecule is C=C(C)[C@@H]1CC[C@@H]2C(C(C)=O)([C@@H]1O)[C@@]1(O)OC[C@]23c2nc(NC(C)C)sc2CC(C)(C)[C@H]3[C@@H]1O. The summed E-state index contributed by atoms with van der Waals surface area (Å²) in [5, 5.41) is 40.0. The van der Waals surface area contributed by atoms with E-state index in [1.807, 2.05) is 6.92 Å². The molecule has 4 N–H and O–H groups in total. The van der Waals surface area contributed by atoms with Crippen molar-refractivity contribution in [2.45, 2.75) is 90.3 Å². The zero-order chi connectivity index (χ0) is 25.0. The minimum absolute atomic E-state index is 0.163. The van der Waals surface area contributed by atoms with E-state index in [4.69, 9.17) is 9.72 Å². The van der Waals surface area contributed by atoms with E-state index in [0.29, 0.717) is 12.8 Å². The zero-order valence-electron chi connectivity index (χ0n) is 21.0. The summed E-state index contributed by atoms with van der Waals surface area (Å²) < 4.78 is 6.15. The predicted octanol–water partition coefficient (Wildman–Crippen LogP) is 3.03. The lowest BCUT2D eigenvalue weighted by Crippen LogP contribution is -2.86. The van der Waals surface area contributed by atoms with E-state index < -0.39 is 34.7 Å². The lowest BCUT2D eigenvalue weighted by molar-refractivity contribution is -0.433. The maximum absolute atomic E-state index is 13.6. The van der Waals surface area contributed by atoms with Crippen LogP contribution in [-0.2, 0) is 21.4 Å². The van der Waals surface area contributed by atoms with Crippen LogP contribution in [0.3, 0.4) is 0 Å². The van der Waals surface area contributed by atoms with Gasteiger partial charge in [-0.1, -0.05) is 26.0 Å². The summed E-state index contributed by atoms with van der Waals surface area (Å²) in [5.74, 6) is -3.67. The third kappa shape index (κ3) is 2.67. The number of hydrogen-bond acceptors (Lipinski definition) is 8. The third-order valence-electron chi connectivity index (χ3n) is 9.40. The minimum atomic E-state index is -2.17. The highest BCUT2D eigenvalue weighted by molar-refractivity contribution is 7.15. The second kappa shape index (κ2) is 7.35. The Bertz CT molecular complexity index is 1050. The molecule has 1 spiro atoms. The van der Waals surface area contributed by atoms with Crippen molar-refractivity contribution >= 4 is 22.3 Å². The first-order valence-electron chi connectivity index (χ1n) is 12.4. The molecule has 2 saturated carbocycles. The molecular formula is C26H38N2O5S. The number of carbonyl (C=O) groups excluding carboxylic acids is 1. The van der Waals surface area contributed by atoms with Gasteiger partial charge in [-0.2, -0.15) is 0 Å². The molecule has 2 saturated heterocycles. The van der Waals surface area contributed by atoms with Gasteiger partial charge in [0.1, 0.15) is 17.3 Å². The molecule has 2 aliphatic heterocycles. The molecule has 8 heteroatoms. The maximum atomic E-state index is 13.6. The van der Waals surface area contributed by atoms with E-state index in [1.54, 1.807) is 11.3 Å². The van der Waals surface area contributed by atoms with E-state index in [9.17, 15) is 20.1 Å². The first-order valence-corrected chi connectivity index (χ1v) is 13.2. The van der Waals surface area contributed by atoms with Crippen molar-refractivity contribution in [2.24, 2.45) is 28.6 Å². The first kappa shape index (κ1) is 24.4. The van der Waals surface area contributed by atoms with Gasteiger partial charge >= 0.3 is 0 Å². The van der Waals surface area contributed by atoms with Crippen molar-refractivity contribution in [1.82, 2.24) is 4.98 Å². The summed E-state index contributed by atoms with van der Waals surface area (Å²) in [5.41, 5.74) is -1.20. The van der Waals surface area contributed by atoms with Crippen LogP contribution in [0, 0.1) is 28.6 Å². The number of ketones is 1. The molecule has 1 aromatic rings. The van der Waals surface area contributed by atoms with Gasteiger partial charge in [0.05, 0.1) is 18.4 Å². The van der Waals surface area contributed by atoms with Crippen LogP contribution in [0.5, 0.6) is 0 Å². The maximum Gasteiger partial charge on any atom is 0.208 e. The number of nitrogens with zero attached hydrogens (tertiary/aromatic N) is 1. The number of carbonyl (C=O) groups is 1. The van der Waals surface area contributed by atoms with Crippen molar-refractivity contribution in [3.05, 3.63) is 22.7 Å². The van der Waals surface area contributed by atoms with Crippen molar-refractivity contribution < 1.29 is 24.9 Å². The smallest absolute Gasteiger partial charge is 0.208 e. The Balaban J connectivity index is 1.80. The van der Waals surface area contributed by atoms with E-state index in [0.717, 1.165) is 27.7 Å². The van der Waals surface area contributed by atoms with Crippen molar-refractivity contribution in [3.8, 4) is 0 Å². The van der Waals surface area contributed by atoms with Gasteiger partial charge in [-0.05, 0) is 58.3 Å². The van der Waals surface area contributed by atoms with E-state index >= 15 is 0 Å². The van der Waals surface area contributed by atoms with Crippen LogP contribution in [0.25, 0.3) is 0 Å². The molecule has 8 atom stereocenters. The van der Waals surface area contributed by atoms with Crippen LogP contribution >= 0.6 is 11.3 Å². The molecule has 188 valence electrons. The topological polar surface area (TPSA) is 112 Å². The zero-order valence-corrected chi connectivity index (χ0v) is 21.8. The Kier molecular flexibility index (Phi) is 5.27. The van der Waals surface area contributed by atoms with Crippen LogP contribution < -0.4 is 5.32 Å². The van der Waals surface area contributed by atoms with Crippen LogP contribution in [0.1, 0.15) is 65.0 Å². The minimum Gasteiger partial charge on any atom is -0.391 e. The number of aromatic nitrogens is 1. The van der Waals surface area contributed by atoms with Gasteiger partial charge in [0.2, 0.25) is 5.79 Å². The van der Waals surface area contributed by atoms with Crippen molar-refractivity contribution in [1.29, 1.82) is 0 Å². The van der Waals surface area contributed by atoms with Crippen molar-refractivity contribution in [2.75, 3.05) is 11.9 Å². The molecular weight excluding hydrogens is 452 g/mol. The summed E-state index contributed by atoms with van der Waals surface area (Å²) in [6, 6.07) is 0.211. The fraction of sp³-hybridized carbons (Fsp3) is 0.769. The van der Waals surface area contributed by atoms with Gasteiger partial charge < -0.3 is 25.4 Å². The van der Waals surface area contributed by atoms with Gasteiger partial charge in [0.15, 0.2) is 5.13 Å². The Morgan fingerprint density at radius 3 is 2.50 bits per heavy atom. The Morgan fingerprint density at radius 1 is 1.24 bits per heavy atom. The molecule has 0 radical (unpaired) electrons. The number of Topliss-reactive ketones (excluding diaryl/α,β-unsaturated/α-hetero) is 1. The quantitative estimate of drug-likeness (QED) is 0.480. The number of nitrogens with one attached hydrogen (secondary N) is 1. The molecule has 7 nitrogen and oxygen atoms in total. The number of aliphatic hydroxyl groups excluding tert-OH is 2. The number of thiazole rings is 1. The second-order valence-electron chi connectivity index (χ2n) is 12.2. The number of aliphatic hydroxyl groups is 3. The lowest BCUT2D eigenvalue weighted by atomic mass is 9.35. The lowest BCUT2D eigenvalue weighted by Gasteiger charge is -2.74. The van der Waals surface area contributed by atoms with Gasteiger partial charge in [0.25, 0.3) is 0 Å². The summed E-state index contributed by atoms with van der Waals surface area (Å²) in [6.45, 7) is 15.9. The fourth-order valence-electron chi connectivity index (χ4n) is 8.37. The number of ether oxygens (including phenoxy) is 1. The molecule has 2 bridgehead atoms. The van der Waals surface area contributed by atoms with Crippen LogP contribution in [0.15, 0.2) is 12.2 Å². The highest BCUT2D eigenvalue weighted by Gasteiger charge is 2.84. The average molecular weight is 491 g/mol. The van der Waals surface area contributed by atoms with Gasteiger partial charge in [-0.15, -0.1) is 11.3 Å². The molecule has 3 aliphatic carbocycles. The molecule has 3 heterocycles. The number of hydrogen-bond donors (Lipinski definition) is 4. The summed E-state index contributed by atoms with van der Waals surface area (Å²) >= 11 is 1.62. The third-order valence-corrected chi connectivity index (χ3v) is 10.4. The molecule has 1 aromatic heterocycles. The van der Waals surface area contributed by atoms with Gasteiger partial charge in [0, 0.05) is 28.2 Å². The highest BCUT2D eigenvalue weighted by atomic mass is 32.1. The van der Waals surface area contributed by atoms with Crippen molar-refractivity contribution in [3.63, 3.8) is 0 Å². The molecule has 4 fully saturated rings. The number of fused-ring (bicyclic) bond motifs is 2. The Hall–Kier alpha value is -1.32. The van der Waals surface area contributed by atoms with E-state index in [-0.39, 0.29) is 35.7 Å². The molecule has 0 aromatic carbocycles. The average Bonchev–Trinajstić information content (AvgIpc) is 3.10. The monoisotopic (exact) mass is 490 g/mol. The van der Waals surface area contributed by atoms with Gasteiger partial charge in [-0.3, -0.25) is 4.79 Å². The summed E-state index contributed by atoms with van der Waals surface area (Å²) in [6.07, 6.45) is -0.557. The standard InChI is InChI=1S/C26H38N2O5S/c1-12(2)15-8-9-17-24-11-33-26(32,25(17,14(5)29)20(15)30)21(31)18(24)23(6,7)10-16-19(24)28-22(34-16)27-13(3)4/h13,15,17-18,20-21,30-32H,1,8-11H2,2-7H3,(H,27,28)/t15-,17-,18+,20+,21-,24-,25?,26-/m0/s1. The fourth-order valence-corrected chi connectivity index (χ4v) is 9.81. The Labute approximate surface area is 205 Å². The van der Waals surface area contributed by atoms with Crippen LogP contribution in [0.4, 0.5) is 5.13 Å². The summed E-state index contributed by atoms with van der Waals surface area (Å²) in [7, 11) is 0. The molecule has 1 unspecified atom stereocenters. The van der Waals surface area contributed by atoms with E-state index in [2.05, 4.69) is 39.6 Å². The number of rotatable bonds is 4. The second-order valence-corrected chi connectivity index (χ2v) is 13.2. The Morgan fingerprint density at radius 2 is 1.91 bits per heavy atom. The molecule has 5 aliphatic rings. The molecule has 34 heavy (non-hydrogen) atoms. The number of anilines is 1. The normalized spacial score (nSPS) is 44.2.